The second-order valence-electron chi connectivity index (χ2n) is 3.49. The molecule has 0 aliphatic rings. The minimum absolute atomic E-state index is 0.844. The Bertz CT molecular complexity index is 452. The first kappa shape index (κ1) is 10.5. The van der Waals surface area contributed by atoms with Gasteiger partial charge in [0.25, 0.3) is 0 Å². The average molecular weight is 269 g/mol. The van der Waals surface area contributed by atoms with Crippen LogP contribution in [0.1, 0.15) is 32.0 Å². The average Bonchev–Trinajstić information content (AvgIpc) is 2.61. The van der Waals surface area contributed by atoms with Gasteiger partial charge in [0, 0.05) is 6.42 Å². The van der Waals surface area contributed by atoms with Crippen molar-refractivity contribution in [2.24, 2.45) is 0 Å². The van der Waals surface area contributed by atoms with Gasteiger partial charge in [-0.1, -0.05) is 19.8 Å². The van der Waals surface area contributed by atoms with Crippen molar-refractivity contribution in [1.82, 2.24) is 19.6 Å². The van der Waals surface area contributed by atoms with Crippen molar-refractivity contribution < 1.29 is 0 Å². The van der Waals surface area contributed by atoms with Gasteiger partial charge >= 0.3 is 0 Å². The van der Waals surface area contributed by atoms with Gasteiger partial charge in [0.15, 0.2) is 5.65 Å². The van der Waals surface area contributed by atoms with Gasteiger partial charge in [0.1, 0.15) is 12.2 Å². The van der Waals surface area contributed by atoms with E-state index in [1.807, 2.05) is 0 Å². The molecule has 0 spiro atoms. The van der Waals surface area contributed by atoms with E-state index in [1.165, 1.54) is 12.8 Å². The quantitative estimate of drug-likeness (QED) is 0.801. The predicted octanol–water partition coefficient (Wildman–Crippen LogP) is 2.62. The second-order valence-corrected chi connectivity index (χ2v) is 4.34. The summed E-state index contributed by atoms with van der Waals surface area (Å²) in [6.45, 7) is 2.19. The molecule has 15 heavy (non-hydrogen) atoms. The number of aryl methyl sites for hydroxylation is 1. The summed E-state index contributed by atoms with van der Waals surface area (Å²) in [6.07, 6.45) is 8.00. The van der Waals surface area contributed by atoms with Crippen LogP contribution in [0.15, 0.2) is 17.0 Å². The number of aromatic nitrogens is 4. The van der Waals surface area contributed by atoms with Crippen LogP contribution in [0.2, 0.25) is 0 Å². The molecule has 2 aromatic rings. The molecular weight excluding hydrogens is 256 g/mol. The van der Waals surface area contributed by atoms with Crippen molar-refractivity contribution in [1.29, 1.82) is 0 Å². The third-order valence-electron chi connectivity index (χ3n) is 2.28. The second kappa shape index (κ2) is 4.70. The van der Waals surface area contributed by atoms with Gasteiger partial charge < -0.3 is 0 Å². The van der Waals surface area contributed by atoms with Crippen LogP contribution in [0.4, 0.5) is 0 Å². The molecule has 0 bridgehead atoms. The molecule has 0 aliphatic heterocycles. The Kier molecular flexibility index (Phi) is 3.30. The van der Waals surface area contributed by atoms with Gasteiger partial charge in [-0.05, 0) is 22.4 Å². The third kappa shape index (κ3) is 2.34. The molecule has 0 atom stereocenters. The first-order valence-corrected chi connectivity index (χ1v) is 5.95. The highest BCUT2D eigenvalue weighted by molar-refractivity contribution is 9.10. The van der Waals surface area contributed by atoms with E-state index in [9.17, 15) is 0 Å². The summed E-state index contributed by atoms with van der Waals surface area (Å²) < 4.78 is 2.59. The topological polar surface area (TPSA) is 43.1 Å². The Morgan fingerprint density at radius 1 is 1.40 bits per heavy atom. The van der Waals surface area contributed by atoms with Crippen molar-refractivity contribution in [3.63, 3.8) is 0 Å². The lowest BCUT2D eigenvalue weighted by Gasteiger charge is -1.99. The summed E-state index contributed by atoms with van der Waals surface area (Å²) in [6, 6.07) is 0. The van der Waals surface area contributed by atoms with Gasteiger partial charge in [-0.15, -0.1) is 0 Å². The third-order valence-corrected chi connectivity index (χ3v) is 2.84. The minimum Gasteiger partial charge on any atom is -0.221 e. The smallest absolute Gasteiger partial charge is 0.173 e. The number of unbranched alkanes of at least 4 members (excludes halogenated alkanes) is 2. The van der Waals surface area contributed by atoms with Crippen molar-refractivity contribution in [3.05, 3.63) is 22.8 Å². The number of fused-ring (bicyclic) bond motifs is 1. The van der Waals surface area contributed by atoms with Crippen LogP contribution in [-0.4, -0.2) is 19.6 Å². The highest BCUT2D eigenvalue weighted by atomic mass is 79.9. The number of hydrogen-bond donors (Lipinski definition) is 0. The predicted molar refractivity (Wildman–Crippen MR) is 61.7 cm³/mol. The molecule has 0 saturated carbocycles. The summed E-state index contributed by atoms with van der Waals surface area (Å²) in [4.78, 5) is 8.71. The maximum absolute atomic E-state index is 4.45. The zero-order valence-corrected chi connectivity index (χ0v) is 10.2. The number of nitrogens with zero attached hydrogens (tertiary/aromatic N) is 4. The van der Waals surface area contributed by atoms with Crippen molar-refractivity contribution >= 4 is 21.6 Å². The fourth-order valence-electron chi connectivity index (χ4n) is 1.45. The van der Waals surface area contributed by atoms with Gasteiger partial charge in [-0.2, -0.15) is 5.10 Å². The molecule has 4 nitrogen and oxygen atoms in total. The lowest BCUT2D eigenvalue weighted by Crippen LogP contribution is -1.99. The highest BCUT2D eigenvalue weighted by Crippen LogP contribution is 2.14. The maximum Gasteiger partial charge on any atom is 0.173 e. The van der Waals surface area contributed by atoms with E-state index in [0.717, 1.165) is 28.8 Å². The fraction of sp³-hybridized carbons (Fsp3) is 0.500. The molecule has 0 aromatic carbocycles. The molecule has 2 aromatic heterocycles. The SMILES string of the molecule is CCCCCc1ncn2ncc(Br)c2n1. The van der Waals surface area contributed by atoms with E-state index in [0.29, 0.717) is 0 Å². The number of rotatable bonds is 4. The lowest BCUT2D eigenvalue weighted by atomic mass is 10.2. The van der Waals surface area contributed by atoms with Crippen LogP contribution < -0.4 is 0 Å². The number of hydrogen-bond acceptors (Lipinski definition) is 3. The lowest BCUT2D eigenvalue weighted by molar-refractivity contribution is 0.688. The van der Waals surface area contributed by atoms with Gasteiger partial charge in [-0.25, -0.2) is 14.5 Å². The molecule has 0 aliphatic carbocycles. The van der Waals surface area contributed by atoms with Crippen LogP contribution in [0.3, 0.4) is 0 Å². The van der Waals surface area contributed by atoms with Crippen molar-refractivity contribution in [3.8, 4) is 0 Å². The van der Waals surface area contributed by atoms with Crippen LogP contribution in [0, 0.1) is 0 Å². The summed E-state index contributed by atoms with van der Waals surface area (Å²) in [7, 11) is 0. The Morgan fingerprint density at radius 2 is 2.27 bits per heavy atom. The van der Waals surface area contributed by atoms with E-state index in [1.54, 1.807) is 17.0 Å². The maximum atomic E-state index is 4.45. The Morgan fingerprint density at radius 3 is 3.07 bits per heavy atom. The summed E-state index contributed by atoms with van der Waals surface area (Å²) >= 11 is 3.41. The molecule has 2 rings (SSSR count). The highest BCUT2D eigenvalue weighted by Gasteiger charge is 2.04. The molecular formula is C10H13BrN4. The van der Waals surface area contributed by atoms with E-state index < -0.39 is 0 Å². The Labute approximate surface area is 96.9 Å². The summed E-state index contributed by atoms with van der Waals surface area (Å²) in [5, 5.41) is 4.10. The molecule has 0 radical (unpaired) electrons. The molecule has 0 unspecified atom stereocenters. The van der Waals surface area contributed by atoms with E-state index in [2.05, 4.69) is 37.9 Å². The normalized spacial score (nSPS) is 11.1. The number of halogens is 1. The summed E-state index contributed by atoms with van der Waals surface area (Å²) in [5.74, 6) is 0.900. The van der Waals surface area contributed by atoms with Gasteiger partial charge in [0.05, 0.1) is 10.7 Å². The largest absolute Gasteiger partial charge is 0.221 e. The minimum atomic E-state index is 0.844. The first-order chi connectivity index (χ1) is 7.31. The van der Waals surface area contributed by atoms with E-state index in [4.69, 9.17) is 0 Å². The molecule has 5 heteroatoms. The van der Waals surface area contributed by atoms with Crippen molar-refractivity contribution in [2.75, 3.05) is 0 Å². The molecule has 80 valence electrons. The van der Waals surface area contributed by atoms with Crippen molar-refractivity contribution in [2.45, 2.75) is 32.6 Å². The van der Waals surface area contributed by atoms with Crippen LogP contribution in [0.25, 0.3) is 5.65 Å². The fourth-order valence-corrected chi connectivity index (χ4v) is 1.81. The van der Waals surface area contributed by atoms with Crippen LogP contribution in [0.5, 0.6) is 0 Å². The van der Waals surface area contributed by atoms with E-state index in [-0.39, 0.29) is 0 Å². The standard InChI is InChI=1S/C10H13BrN4/c1-2-3-4-5-9-12-7-15-10(14-9)8(11)6-13-15/h6-7H,2-5H2,1H3. The monoisotopic (exact) mass is 268 g/mol. The van der Waals surface area contributed by atoms with Crippen LogP contribution >= 0.6 is 15.9 Å². The molecule has 2 heterocycles. The van der Waals surface area contributed by atoms with Gasteiger partial charge in [0.2, 0.25) is 0 Å². The summed E-state index contributed by atoms with van der Waals surface area (Å²) in [5.41, 5.74) is 0.844. The van der Waals surface area contributed by atoms with E-state index >= 15 is 0 Å². The van der Waals surface area contributed by atoms with Gasteiger partial charge in [-0.3, -0.25) is 0 Å². The first-order valence-electron chi connectivity index (χ1n) is 5.16. The Balaban J connectivity index is 2.18. The molecule has 0 amide bonds. The Hall–Kier alpha value is -0.970. The zero-order valence-electron chi connectivity index (χ0n) is 8.65. The molecule has 0 saturated heterocycles. The zero-order chi connectivity index (χ0) is 10.7. The molecule has 0 N–H and O–H groups in total. The van der Waals surface area contributed by atoms with Crippen LogP contribution in [-0.2, 0) is 6.42 Å². The molecule has 0 fully saturated rings.